The quantitative estimate of drug-likeness (QED) is 0.534. The maximum absolute atomic E-state index is 12.2. The molecule has 140 valence electrons. The number of hydrogen-bond acceptors (Lipinski definition) is 6. The highest BCUT2D eigenvalue weighted by atomic mass is 16.5. The minimum Gasteiger partial charge on any atom is -0.508 e. The smallest absolute Gasteiger partial charge is 0.342 e. The number of phenolic OH excluding ortho intramolecular Hbond substituents is 2. The van der Waals surface area contributed by atoms with Crippen LogP contribution < -0.4 is 5.63 Å². The standard InChI is InChI=1S/C21H20O6/c1-11(2)16-9-17-13(7-20(24)27-19(17)6-12(16)3)10-26-21(25)15-5-4-14(22)8-18(15)23/h4-9,11,22-23H,10H2,1-3H3. The molecule has 0 fully saturated rings. The van der Waals surface area contributed by atoms with Gasteiger partial charge in [-0.25, -0.2) is 9.59 Å². The summed E-state index contributed by atoms with van der Waals surface area (Å²) in [6.45, 7) is 5.94. The summed E-state index contributed by atoms with van der Waals surface area (Å²) < 4.78 is 10.5. The summed E-state index contributed by atoms with van der Waals surface area (Å²) in [5.41, 5.74) is 2.48. The molecule has 27 heavy (non-hydrogen) atoms. The van der Waals surface area contributed by atoms with Gasteiger partial charge in [0.25, 0.3) is 0 Å². The number of ether oxygens (including phenoxy) is 1. The summed E-state index contributed by atoms with van der Waals surface area (Å²) in [5, 5.41) is 19.8. The first-order valence-electron chi connectivity index (χ1n) is 8.52. The fourth-order valence-corrected chi connectivity index (χ4v) is 3.05. The Morgan fingerprint density at radius 2 is 1.89 bits per heavy atom. The number of rotatable bonds is 4. The van der Waals surface area contributed by atoms with Gasteiger partial charge in [0, 0.05) is 23.1 Å². The number of esters is 1. The van der Waals surface area contributed by atoms with Crippen LogP contribution in [0.25, 0.3) is 11.0 Å². The second kappa shape index (κ2) is 7.15. The summed E-state index contributed by atoms with van der Waals surface area (Å²) >= 11 is 0. The molecule has 3 rings (SSSR count). The van der Waals surface area contributed by atoms with Crippen molar-refractivity contribution in [3.8, 4) is 11.5 Å². The lowest BCUT2D eigenvalue weighted by Gasteiger charge is -2.13. The lowest BCUT2D eigenvalue weighted by molar-refractivity contribution is 0.0470. The molecule has 0 bridgehead atoms. The Morgan fingerprint density at radius 1 is 1.15 bits per heavy atom. The Bertz CT molecular complexity index is 1080. The molecule has 0 unspecified atom stereocenters. The topological polar surface area (TPSA) is 97.0 Å². The molecule has 0 atom stereocenters. The van der Waals surface area contributed by atoms with Gasteiger partial charge in [0.15, 0.2) is 0 Å². The molecular formula is C21H20O6. The maximum Gasteiger partial charge on any atom is 0.342 e. The van der Waals surface area contributed by atoms with Crippen LogP contribution in [0, 0.1) is 6.92 Å². The van der Waals surface area contributed by atoms with Crippen molar-refractivity contribution >= 4 is 16.9 Å². The number of aromatic hydroxyl groups is 2. The van der Waals surface area contributed by atoms with Gasteiger partial charge in [0.2, 0.25) is 0 Å². The number of fused-ring (bicyclic) bond motifs is 1. The highest BCUT2D eigenvalue weighted by Gasteiger charge is 2.16. The summed E-state index contributed by atoms with van der Waals surface area (Å²) in [6, 6.07) is 8.65. The van der Waals surface area contributed by atoms with Crippen LogP contribution in [0.2, 0.25) is 0 Å². The van der Waals surface area contributed by atoms with Crippen LogP contribution in [0.1, 0.15) is 46.8 Å². The molecule has 0 aliphatic heterocycles. The maximum atomic E-state index is 12.2. The van der Waals surface area contributed by atoms with Gasteiger partial charge in [-0.3, -0.25) is 0 Å². The van der Waals surface area contributed by atoms with Crippen molar-refractivity contribution in [2.75, 3.05) is 0 Å². The fraction of sp³-hybridized carbons (Fsp3) is 0.238. The number of benzene rings is 2. The molecule has 0 saturated heterocycles. The Balaban J connectivity index is 1.95. The zero-order chi connectivity index (χ0) is 19.7. The first-order valence-corrected chi connectivity index (χ1v) is 8.52. The minimum absolute atomic E-state index is 0.0706. The van der Waals surface area contributed by atoms with Crippen molar-refractivity contribution in [3.05, 3.63) is 69.1 Å². The van der Waals surface area contributed by atoms with Crippen LogP contribution in [-0.2, 0) is 11.3 Å². The molecule has 6 heteroatoms. The summed E-state index contributed by atoms with van der Waals surface area (Å²) in [7, 11) is 0. The lowest BCUT2D eigenvalue weighted by atomic mass is 9.95. The highest BCUT2D eigenvalue weighted by molar-refractivity contribution is 5.92. The predicted octanol–water partition coefficient (Wildman–Crippen LogP) is 3.99. The summed E-state index contributed by atoms with van der Waals surface area (Å²) in [4.78, 5) is 24.1. The Hall–Kier alpha value is -3.28. The van der Waals surface area contributed by atoms with E-state index >= 15 is 0 Å². The fourth-order valence-electron chi connectivity index (χ4n) is 3.05. The van der Waals surface area contributed by atoms with E-state index in [-0.39, 0.29) is 29.6 Å². The third-order valence-corrected chi connectivity index (χ3v) is 4.40. The van der Waals surface area contributed by atoms with Crippen molar-refractivity contribution in [2.45, 2.75) is 33.3 Å². The van der Waals surface area contributed by atoms with Crippen molar-refractivity contribution in [1.82, 2.24) is 0 Å². The Morgan fingerprint density at radius 3 is 2.56 bits per heavy atom. The second-order valence-corrected chi connectivity index (χ2v) is 6.73. The number of aryl methyl sites for hydroxylation is 1. The van der Waals surface area contributed by atoms with E-state index in [2.05, 4.69) is 13.8 Å². The SMILES string of the molecule is Cc1cc2oc(=O)cc(COC(=O)c3ccc(O)cc3O)c2cc1C(C)C. The number of carbonyl (C=O) groups excluding carboxylic acids is 1. The Kier molecular flexibility index (Phi) is 4.90. The second-order valence-electron chi connectivity index (χ2n) is 6.73. The molecule has 1 heterocycles. The average molecular weight is 368 g/mol. The molecule has 6 nitrogen and oxygen atoms in total. The van der Waals surface area contributed by atoms with E-state index < -0.39 is 11.6 Å². The molecular weight excluding hydrogens is 348 g/mol. The predicted molar refractivity (Wildman–Crippen MR) is 100 cm³/mol. The van der Waals surface area contributed by atoms with Crippen LogP contribution in [0.4, 0.5) is 0 Å². The van der Waals surface area contributed by atoms with Gasteiger partial charge < -0.3 is 19.4 Å². The van der Waals surface area contributed by atoms with E-state index in [0.717, 1.165) is 17.2 Å². The van der Waals surface area contributed by atoms with Crippen molar-refractivity contribution in [3.63, 3.8) is 0 Å². The average Bonchev–Trinajstić information content (AvgIpc) is 2.58. The number of carbonyl (C=O) groups is 1. The monoisotopic (exact) mass is 368 g/mol. The van der Waals surface area contributed by atoms with Crippen LogP contribution >= 0.6 is 0 Å². The van der Waals surface area contributed by atoms with Crippen molar-refractivity contribution in [2.24, 2.45) is 0 Å². The van der Waals surface area contributed by atoms with E-state index in [1.807, 2.05) is 19.1 Å². The van der Waals surface area contributed by atoms with E-state index in [1.165, 1.54) is 18.2 Å². The number of hydrogen-bond donors (Lipinski definition) is 2. The molecule has 0 saturated carbocycles. The van der Waals surface area contributed by atoms with Crippen LogP contribution in [-0.4, -0.2) is 16.2 Å². The molecule has 3 aromatic rings. The van der Waals surface area contributed by atoms with Crippen LogP contribution in [0.15, 0.2) is 45.6 Å². The van der Waals surface area contributed by atoms with Crippen molar-refractivity contribution < 1.29 is 24.2 Å². The summed E-state index contributed by atoms with van der Waals surface area (Å²) in [6.07, 6.45) is 0. The zero-order valence-electron chi connectivity index (χ0n) is 15.3. The first kappa shape index (κ1) is 18.5. The molecule has 0 amide bonds. The van der Waals surface area contributed by atoms with E-state index in [1.54, 1.807) is 0 Å². The van der Waals surface area contributed by atoms with Gasteiger partial charge >= 0.3 is 11.6 Å². The summed E-state index contributed by atoms with van der Waals surface area (Å²) in [5.74, 6) is -1.02. The van der Waals surface area contributed by atoms with E-state index in [4.69, 9.17) is 9.15 Å². The third-order valence-electron chi connectivity index (χ3n) is 4.40. The van der Waals surface area contributed by atoms with E-state index in [9.17, 15) is 19.8 Å². The zero-order valence-corrected chi connectivity index (χ0v) is 15.3. The molecule has 2 aromatic carbocycles. The highest BCUT2D eigenvalue weighted by Crippen LogP contribution is 2.28. The van der Waals surface area contributed by atoms with E-state index in [0.29, 0.717) is 16.5 Å². The van der Waals surface area contributed by atoms with Crippen LogP contribution in [0.3, 0.4) is 0 Å². The van der Waals surface area contributed by atoms with Gasteiger partial charge in [-0.2, -0.15) is 0 Å². The third kappa shape index (κ3) is 3.79. The molecule has 0 spiro atoms. The molecule has 0 aliphatic rings. The normalized spacial score (nSPS) is 11.1. The van der Waals surface area contributed by atoms with Gasteiger partial charge in [-0.1, -0.05) is 13.8 Å². The van der Waals surface area contributed by atoms with Crippen LogP contribution in [0.5, 0.6) is 11.5 Å². The minimum atomic E-state index is -0.759. The van der Waals surface area contributed by atoms with Gasteiger partial charge in [-0.15, -0.1) is 0 Å². The first-order chi connectivity index (χ1) is 12.8. The molecule has 0 aliphatic carbocycles. The molecule has 2 N–H and O–H groups in total. The van der Waals surface area contributed by atoms with Gasteiger partial charge in [0.1, 0.15) is 29.3 Å². The van der Waals surface area contributed by atoms with Gasteiger partial charge in [0.05, 0.1) is 0 Å². The lowest BCUT2D eigenvalue weighted by Crippen LogP contribution is -2.08. The molecule has 0 radical (unpaired) electrons. The van der Waals surface area contributed by atoms with Gasteiger partial charge in [-0.05, 0) is 48.2 Å². The number of phenols is 2. The Labute approximate surface area is 155 Å². The largest absolute Gasteiger partial charge is 0.508 e. The molecule has 1 aromatic heterocycles. The van der Waals surface area contributed by atoms with Crippen molar-refractivity contribution in [1.29, 1.82) is 0 Å².